The molecule has 0 amide bonds. The Bertz CT molecular complexity index is 3540. The number of anilines is 2. The van der Waals surface area contributed by atoms with Gasteiger partial charge in [-0.1, -0.05) is 43.9 Å². The summed E-state index contributed by atoms with van der Waals surface area (Å²) in [6.07, 6.45) is 8.88. The number of hydrogen-bond donors (Lipinski definition) is 4. The molecule has 6 aliphatic rings. The van der Waals surface area contributed by atoms with E-state index >= 15 is 0 Å². The van der Waals surface area contributed by atoms with Gasteiger partial charge in [0.15, 0.2) is 11.5 Å². The van der Waals surface area contributed by atoms with Crippen LogP contribution in [0.4, 0.5) is 11.5 Å². The Hall–Kier alpha value is -8.16. The van der Waals surface area contributed by atoms with E-state index in [1.165, 1.54) is 6.33 Å². The summed E-state index contributed by atoms with van der Waals surface area (Å²) < 4.78 is 29.2. The smallest absolute Gasteiger partial charge is 0.303 e. The van der Waals surface area contributed by atoms with E-state index in [-0.39, 0.29) is 30.1 Å². The molecule has 6 heterocycles. The highest BCUT2D eigenvalue weighted by atomic mass is 16.5. The lowest BCUT2D eigenvalue weighted by Gasteiger charge is -2.17. The lowest BCUT2D eigenvalue weighted by molar-refractivity contribution is -0.137. The zero-order valence-electron chi connectivity index (χ0n) is 44.8. The number of ether oxygens (including phenoxy) is 5. The third-order valence-electron chi connectivity index (χ3n) is 14.9. The molecule has 1 saturated heterocycles. The third-order valence-corrected chi connectivity index (χ3v) is 14.9. The number of aliphatic hydroxyl groups is 1. The Morgan fingerprint density at radius 1 is 0.844 bits per heavy atom. The van der Waals surface area contributed by atoms with E-state index in [0.29, 0.717) is 68.7 Å². The molecule has 1 aliphatic carbocycles. The van der Waals surface area contributed by atoms with Gasteiger partial charge in [0.2, 0.25) is 0 Å². The lowest BCUT2D eigenvalue weighted by atomic mass is 9.86. The van der Waals surface area contributed by atoms with Crippen molar-refractivity contribution in [2.75, 3.05) is 46.0 Å². The summed E-state index contributed by atoms with van der Waals surface area (Å²) in [7, 11) is 3.25. The van der Waals surface area contributed by atoms with Crippen molar-refractivity contribution in [2.24, 2.45) is 26.8 Å². The molecular weight excluding hydrogens is 971 g/mol. The van der Waals surface area contributed by atoms with Crippen LogP contribution in [0.3, 0.4) is 0 Å². The van der Waals surface area contributed by atoms with E-state index in [1.807, 2.05) is 67.6 Å². The van der Waals surface area contributed by atoms with Crippen LogP contribution < -0.4 is 20.1 Å². The second-order valence-corrected chi connectivity index (χ2v) is 19.8. The summed E-state index contributed by atoms with van der Waals surface area (Å²) in [4.78, 5) is 36.7. The number of nitrogens with one attached hydrogen (secondary N) is 2. The molecule has 4 aromatic rings. The number of benzene rings is 3. The predicted molar refractivity (Wildman–Crippen MR) is 300 cm³/mol. The minimum Gasteiger partial charge on any atom is -0.511 e. The first-order valence-corrected chi connectivity index (χ1v) is 26.1. The summed E-state index contributed by atoms with van der Waals surface area (Å²) in [5.74, 6) is 7.65. The van der Waals surface area contributed by atoms with Crippen molar-refractivity contribution in [1.29, 1.82) is 0 Å². The summed E-state index contributed by atoms with van der Waals surface area (Å²) in [5.41, 5.74) is 17.4. The van der Waals surface area contributed by atoms with E-state index < -0.39 is 5.97 Å². The van der Waals surface area contributed by atoms with E-state index in [4.69, 9.17) is 38.7 Å². The third kappa shape index (κ3) is 10.8. The number of fused-ring (bicyclic) bond motifs is 6. The summed E-state index contributed by atoms with van der Waals surface area (Å²) in [6, 6.07) is 19.7. The first-order valence-electron chi connectivity index (χ1n) is 26.1. The van der Waals surface area contributed by atoms with Gasteiger partial charge in [-0.25, -0.2) is 24.9 Å². The van der Waals surface area contributed by atoms with Gasteiger partial charge in [0.1, 0.15) is 31.1 Å². The zero-order chi connectivity index (χ0) is 53.9. The number of rotatable bonds is 18. The zero-order valence-corrected chi connectivity index (χ0v) is 44.8. The van der Waals surface area contributed by atoms with Gasteiger partial charge < -0.3 is 44.5 Å². The largest absolute Gasteiger partial charge is 0.511 e. The van der Waals surface area contributed by atoms with Crippen LogP contribution in [-0.4, -0.2) is 90.0 Å². The molecule has 3 atom stereocenters. The Balaban J connectivity index is 0.902. The maximum Gasteiger partial charge on any atom is 0.303 e. The van der Waals surface area contributed by atoms with Crippen LogP contribution >= 0.6 is 0 Å². The second kappa shape index (κ2) is 22.6. The average molecular weight is 1030 g/mol. The first kappa shape index (κ1) is 52.3. The highest BCUT2D eigenvalue weighted by Gasteiger charge is 2.41. The molecule has 0 spiro atoms. The number of aliphatic carboxylic acids is 1. The van der Waals surface area contributed by atoms with Crippen molar-refractivity contribution >= 4 is 45.5 Å². The van der Waals surface area contributed by atoms with Crippen LogP contribution in [0, 0.1) is 23.7 Å². The minimum atomic E-state index is -0.848. The minimum absolute atomic E-state index is 0.0137. The van der Waals surface area contributed by atoms with Crippen LogP contribution in [0.25, 0.3) is 10.9 Å². The van der Waals surface area contributed by atoms with Gasteiger partial charge in [-0.15, -0.1) is 0 Å². The Morgan fingerprint density at radius 2 is 1.56 bits per heavy atom. The molecule has 1 fully saturated rings. The number of hydrogen-bond acceptors (Lipinski definition) is 14. The molecule has 4 N–H and O–H groups in total. The second-order valence-electron chi connectivity index (χ2n) is 19.8. The first-order chi connectivity index (χ1) is 37.3. The number of carbonyl (C=O) groups is 1. The molecule has 3 aromatic carbocycles. The van der Waals surface area contributed by atoms with Gasteiger partial charge in [0, 0.05) is 95.3 Å². The molecule has 1 aromatic heterocycles. The number of allylic oxidation sites excluding steroid dienone is 11. The summed E-state index contributed by atoms with van der Waals surface area (Å²) >= 11 is 0. The summed E-state index contributed by atoms with van der Waals surface area (Å²) in [5, 5.41) is 29.2. The number of methoxy groups -OCH3 is 2. The van der Waals surface area contributed by atoms with Crippen molar-refractivity contribution in [3.05, 3.63) is 175 Å². The van der Waals surface area contributed by atoms with Crippen molar-refractivity contribution in [1.82, 2.24) is 15.3 Å². The number of carboxylic acids is 1. The molecule has 15 nitrogen and oxygen atoms in total. The topological polar surface area (TPSA) is 191 Å². The molecule has 10 rings (SSSR count). The highest BCUT2D eigenvalue weighted by molar-refractivity contribution is 6.21. The van der Waals surface area contributed by atoms with Crippen molar-refractivity contribution in [3.8, 4) is 23.3 Å². The number of aliphatic hydroxyl groups excluding tert-OH is 1. The standard InChI is InChI=1S/C62H63N7O8/c1-9-43-34(2)47-30-53-58(36(4)49(67-53)28-48-35(3)44(18-19-57(71)72)60(68-48)46-26-54(70)59-37(5)50(69-61(46)59)29-52(43)66-47)38(6)77-32-41-14-10-12-39(24-41)16-17-40-13-11-15-42(25-40)65-62-45-27-55(75-22-20-73-7)56(76-23-21-74-8)31-51(45)63-33-64-62/h10-15,24-25,27-31,33,35,38,44,68,70H,9,18-23,26,32H2,1-8H3,(H,71,72)(H,63,64,65)/t35-,38?,44-/m0/s1. The van der Waals surface area contributed by atoms with Crippen molar-refractivity contribution in [2.45, 2.75) is 79.9 Å². The van der Waals surface area contributed by atoms with Gasteiger partial charge in [-0.2, -0.15) is 0 Å². The Morgan fingerprint density at radius 3 is 2.30 bits per heavy atom. The van der Waals surface area contributed by atoms with Gasteiger partial charge in [0.25, 0.3) is 0 Å². The van der Waals surface area contributed by atoms with Crippen LogP contribution in [0.15, 0.2) is 173 Å². The highest BCUT2D eigenvalue weighted by Crippen LogP contribution is 2.47. The molecular formula is C62H63N7O8. The van der Waals surface area contributed by atoms with E-state index in [9.17, 15) is 15.0 Å². The van der Waals surface area contributed by atoms with Crippen molar-refractivity contribution < 1.29 is 38.7 Å². The molecule has 0 radical (unpaired) electrons. The molecule has 77 heavy (non-hydrogen) atoms. The van der Waals surface area contributed by atoms with Crippen LogP contribution in [0.2, 0.25) is 0 Å². The molecule has 5 aliphatic heterocycles. The fourth-order valence-corrected chi connectivity index (χ4v) is 10.8. The van der Waals surface area contributed by atoms with Crippen LogP contribution in [-0.2, 0) is 25.6 Å². The molecule has 8 bridgehead atoms. The Labute approximate surface area is 449 Å². The van der Waals surface area contributed by atoms with Gasteiger partial charge in [-0.3, -0.25) is 4.79 Å². The monoisotopic (exact) mass is 1030 g/mol. The quantitative estimate of drug-likeness (QED) is 0.0546. The lowest BCUT2D eigenvalue weighted by Crippen LogP contribution is -2.15. The molecule has 394 valence electrons. The van der Waals surface area contributed by atoms with E-state index in [2.05, 4.69) is 85.3 Å². The average Bonchev–Trinajstić information content (AvgIpc) is 4.29. The van der Waals surface area contributed by atoms with Crippen LogP contribution in [0.5, 0.6) is 11.5 Å². The fourth-order valence-electron chi connectivity index (χ4n) is 10.8. The Kier molecular flexibility index (Phi) is 15.3. The molecule has 15 heteroatoms. The number of aliphatic imine (C=N–C) groups is 3. The van der Waals surface area contributed by atoms with Gasteiger partial charge in [0.05, 0.1) is 65.7 Å². The predicted octanol–water partition coefficient (Wildman–Crippen LogP) is 11.3. The van der Waals surface area contributed by atoms with E-state index in [0.717, 1.165) is 119 Å². The van der Waals surface area contributed by atoms with Crippen molar-refractivity contribution in [3.63, 3.8) is 0 Å². The number of carboxylic acid groups (broad SMARTS) is 1. The normalized spacial score (nSPS) is 19.0. The number of nitrogens with zero attached hydrogens (tertiary/aromatic N) is 5. The van der Waals surface area contributed by atoms with Crippen LogP contribution in [0.1, 0.15) is 83.9 Å². The van der Waals surface area contributed by atoms with Gasteiger partial charge >= 0.3 is 5.97 Å². The van der Waals surface area contributed by atoms with E-state index in [1.54, 1.807) is 14.2 Å². The molecule has 1 unspecified atom stereocenters. The SMILES string of the molecule is CCC1=C(C)C2=NC1=CC1=C(C)C3=C(O)CC(=C4NC(=CC5=NC(=C2)C(C(C)OCc2cccc(C#Cc6cccc(Nc7ncnc8cc(OCCOC)c(OCCOC)cc78)c6)c2)=C5C)[C@@H](C)[C@@H]4CCC(=O)O)C3=N1. The maximum absolute atomic E-state index is 12.0. The number of aromatic nitrogens is 2. The fraction of sp³-hybridized carbons (Fsp3) is 0.323. The molecule has 0 saturated carbocycles. The maximum atomic E-state index is 12.0. The summed E-state index contributed by atoms with van der Waals surface area (Å²) in [6.45, 7) is 14.4. The van der Waals surface area contributed by atoms with Gasteiger partial charge in [-0.05, 0) is 123 Å².